The Morgan fingerprint density at radius 1 is 1.06 bits per heavy atom. The first-order chi connectivity index (χ1) is 17.0. The molecule has 1 unspecified atom stereocenters. The van der Waals surface area contributed by atoms with E-state index in [2.05, 4.69) is 38.7 Å². The Balaban J connectivity index is 1.51. The molecule has 0 aliphatic carbocycles. The summed E-state index contributed by atoms with van der Waals surface area (Å²) < 4.78 is 2.75. The smallest absolute Gasteiger partial charge is 0.255 e. The molecule has 0 radical (unpaired) electrons. The van der Waals surface area contributed by atoms with Gasteiger partial charge in [0.05, 0.1) is 5.57 Å². The molecule has 1 aliphatic rings. The van der Waals surface area contributed by atoms with Crippen LogP contribution in [0, 0.1) is 6.92 Å². The molecular formula is C27H24BrN5OS. The number of nitrogens with one attached hydrogen (secondary N) is 2. The lowest BCUT2D eigenvalue weighted by molar-refractivity contribution is -0.113. The van der Waals surface area contributed by atoms with Gasteiger partial charge in [-0.1, -0.05) is 88.4 Å². The highest BCUT2D eigenvalue weighted by Crippen LogP contribution is 2.37. The van der Waals surface area contributed by atoms with Crippen LogP contribution in [0.2, 0.25) is 0 Å². The maximum absolute atomic E-state index is 13.6. The molecule has 1 atom stereocenters. The molecule has 6 nitrogen and oxygen atoms in total. The summed E-state index contributed by atoms with van der Waals surface area (Å²) in [6.45, 7) is 3.89. The van der Waals surface area contributed by atoms with Crippen molar-refractivity contribution in [3.63, 3.8) is 0 Å². The van der Waals surface area contributed by atoms with Gasteiger partial charge in [0.2, 0.25) is 11.1 Å². The van der Waals surface area contributed by atoms with Gasteiger partial charge in [0.15, 0.2) is 0 Å². The highest BCUT2D eigenvalue weighted by molar-refractivity contribution is 9.10. The number of para-hydroxylation sites is 1. The van der Waals surface area contributed by atoms with Gasteiger partial charge in [-0.3, -0.25) is 4.79 Å². The fourth-order valence-corrected chi connectivity index (χ4v) is 5.30. The van der Waals surface area contributed by atoms with E-state index < -0.39 is 6.04 Å². The van der Waals surface area contributed by atoms with Gasteiger partial charge in [0.25, 0.3) is 5.91 Å². The zero-order valence-corrected chi connectivity index (χ0v) is 21.7. The lowest BCUT2D eigenvalue weighted by Crippen LogP contribution is -2.31. The molecule has 2 N–H and O–H groups in total. The number of carbonyl (C=O) groups excluding carboxylic acids is 1. The summed E-state index contributed by atoms with van der Waals surface area (Å²) in [5, 5.41) is 11.9. The molecule has 0 bridgehead atoms. The molecule has 5 rings (SSSR count). The molecule has 4 aromatic rings. The van der Waals surface area contributed by atoms with Crippen molar-refractivity contribution < 1.29 is 4.79 Å². The molecule has 0 saturated carbocycles. The minimum atomic E-state index is -0.425. The highest BCUT2D eigenvalue weighted by atomic mass is 79.9. The number of amides is 1. The number of halogens is 1. The van der Waals surface area contributed by atoms with Crippen LogP contribution >= 0.6 is 27.7 Å². The molecule has 1 aliphatic heterocycles. The lowest BCUT2D eigenvalue weighted by atomic mass is 9.95. The Morgan fingerprint density at radius 3 is 2.60 bits per heavy atom. The van der Waals surface area contributed by atoms with Crippen molar-refractivity contribution in [1.29, 1.82) is 0 Å². The Hall–Kier alpha value is -3.36. The van der Waals surface area contributed by atoms with Crippen molar-refractivity contribution >= 4 is 45.2 Å². The van der Waals surface area contributed by atoms with Crippen LogP contribution in [0.25, 0.3) is 0 Å². The Bertz CT molecular complexity index is 1420. The number of hydrogen-bond acceptors (Lipinski definition) is 5. The fraction of sp³-hybridized carbons (Fsp3) is 0.148. The number of thioether (sulfide) groups is 1. The van der Waals surface area contributed by atoms with E-state index in [4.69, 9.17) is 10.1 Å². The van der Waals surface area contributed by atoms with Crippen molar-refractivity contribution in [2.45, 2.75) is 30.8 Å². The molecule has 176 valence electrons. The quantitative estimate of drug-likeness (QED) is 0.268. The van der Waals surface area contributed by atoms with Gasteiger partial charge in [-0.25, -0.2) is 4.68 Å². The summed E-state index contributed by atoms with van der Waals surface area (Å²) in [5.41, 5.74) is 5.29. The molecule has 3 aromatic carbocycles. The molecule has 1 aromatic heterocycles. The van der Waals surface area contributed by atoms with Gasteiger partial charge in [0.1, 0.15) is 6.04 Å². The van der Waals surface area contributed by atoms with E-state index >= 15 is 0 Å². The van der Waals surface area contributed by atoms with Gasteiger partial charge in [-0.15, -0.1) is 5.10 Å². The maximum atomic E-state index is 13.6. The summed E-state index contributed by atoms with van der Waals surface area (Å²) in [5.74, 6) is 1.21. The zero-order valence-electron chi connectivity index (χ0n) is 19.3. The van der Waals surface area contributed by atoms with E-state index in [1.54, 1.807) is 11.8 Å². The average molecular weight is 546 g/mol. The van der Waals surface area contributed by atoms with Crippen LogP contribution in [-0.4, -0.2) is 20.7 Å². The van der Waals surface area contributed by atoms with Crippen LogP contribution in [0.1, 0.15) is 29.7 Å². The Kier molecular flexibility index (Phi) is 6.74. The number of allylic oxidation sites excluding steroid dienone is 1. The first kappa shape index (κ1) is 23.4. The minimum Gasteiger partial charge on any atom is -0.328 e. The largest absolute Gasteiger partial charge is 0.328 e. The van der Waals surface area contributed by atoms with Gasteiger partial charge in [0, 0.05) is 21.6 Å². The lowest BCUT2D eigenvalue weighted by Gasteiger charge is -2.29. The van der Waals surface area contributed by atoms with Crippen molar-refractivity contribution in [2.24, 2.45) is 0 Å². The molecule has 0 fully saturated rings. The van der Waals surface area contributed by atoms with Gasteiger partial charge in [-0.05, 0) is 48.7 Å². The van der Waals surface area contributed by atoms with E-state index in [0.717, 1.165) is 32.7 Å². The SMILES string of the molecule is CC1=C(C(=O)Nc2ccccc2C)C(c2cccc(Br)c2)n2nc(SCc3ccccc3)nc2N1. The molecule has 0 spiro atoms. The second kappa shape index (κ2) is 10.1. The van der Waals surface area contributed by atoms with Gasteiger partial charge >= 0.3 is 0 Å². The third-order valence-electron chi connectivity index (χ3n) is 5.85. The minimum absolute atomic E-state index is 0.172. The predicted octanol–water partition coefficient (Wildman–Crippen LogP) is 6.57. The topological polar surface area (TPSA) is 71.8 Å². The van der Waals surface area contributed by atoms with Crippen LogP contribution in [0.5, 0.6) is 0 Å². The second-order valence-corrected chi connectivity index (χ2v) is 10.2. The van der Waals surface area contributed by atoms with Crippen molar-refractivity contribution in [1.82, 2.24) is 14.8 Å². The van der Waals surface area contributed by atoms with Crippen molar-refractivity contribution in [2.75, 3.05) is 10.6 Å². The number of aryl methyl sites for hydroxylation is 1. The average Bonchev–Trinajstić information content (AvgIpc) is 3.26. The monoisotopic (exact) mass is 545 g/mol. The molecule has 2 heterocycles. The Morgan fingerprint density at radius 2 is 1.83 bits per heavy atom. The van der Waals surface area contributed by atoms with Crippen LogP contribution in [0.15, 0.2) is 99.8 Å². The number of carbonyl (C=O) groups is 1. The number of rotatable bonds is 6. The van der Waals surface area contributed by atoms with Crippen LogP contribution in [-0.2, 0) is 10.5 Å². The van der Waals surface area contributed by atoms with Crippen LogP contribution < -0.4 is 10.6 Å². The highest BCUT2D eigenvalue weighted by Gasteiger charge is 2.34. The third-order valence-corrected chi connectivity index (χ3v) is 7.25. The van der Waals surface area contributed by atoms with Crippen molar-refractivity contribution in [3.05, 3.63) is 111 Å². The molecule has 35 heavy (non-hydrogen) atoms. The number of benzene rings is 3. The first-order valence-electron chi connectivity index (χ1n) is 11.2. The van der Waals surface area contributed by atoms with E-state index in [1.165, 1.54) is 5.56 Å². The fourth-order valence-electron chi connectivity index (χ4n) is 4.10. The summed E-state index contributed by atoms with van der Waals surface area (Å²) in [7, 11) is 0. The maximum Gasteiger partial charge on any atom is 0.255 e. The summed E-state index contributed by atoms with van der Waals surface area (Å²) in [6.07, 6.45) is 0. The van der Waals surface area contributed by atoms with E-state index in [9.17, 15) is 4.79 Å². The number of anilines is 2. The first-order valence-corrected chi connectivity index (χ1v) is 13.0. The second-order valence-electron chi connectivity index (χ2n) is 8.33. The summed E-state index contributed by atoms with van der Waals surface area (Å²) in [6, 6.07) is 25.5. The third kappa shape index (κ3) is 5.04. The van der Waals surface area contributed by atoms with E-state index in [0.29, 0.717) is 16.7 Å². The molecule has 0 saturated heterocycles. The van der Waals surface area contributed by atoms with Crippen LogP contribution in [0.4, 0.5) is 11.6 Å². The molecular weight excluding hydrogens is 522 g/mol. The summed E-state index contributed by atoms with van der Waals surface area (Å²) in [4.78, 5) is 18.4. The van der Waals surface area contributed by atoms with E-state index in [-0.39, 0.29) is 5.91 Å². The standard InChI is InChI=1S/C27H24BrN5OS/c1-17-9-6-7-14-22(17)30-25(34)23-18(2)29-26-31-27(35-16-19-10-4-3-5-11-19)32-33(26)24(23)20-12-8-13-21(28)15-20/h3-15,24H,16H2,1-2H3,(H,30,34)(H,29,31,32). The van der Waals surface area contributed by atoms with Crippen LogP contribution in [0.3, 0.4) is 0 Å². The van der Waals surface area contributed by atoms with Crippen molar-refractivity contribution in [3.8, 4) is 0 Å². The number of nitrogens with zero attached hydrogens (tertiary/aromatic N) is 3. The van der Waals surface area contributed by atoms with Gasteiger partial charge in [-0.2, -0.15) is 4.98 Å². The normalized spacial score (nSPS) is 14.9. The summed E-state index contributed by atoms with van der Waals surface area (Å²) >= 11 is 5.15. The number of fused-ring (bicyclic) bond motifs is 1. The molecule has 1 amide bonds. The molecule has 8 heteroatoms. The number of hydrogen-bond donors (Lipinski definition) is 2. The Labute approximate surface area is 217 Å². The predicted molar refractivity (Wildman–Crippen MR) is 144 cm³/mol. The van der Waals surface area contributed by atoms with E-state index in [1.807, 2.05) is 85.3 Å². The van der Waals surface area contributed by atoms with Gasteiger partial charge < -0.3 is 10.6 Å². The zero-order chi connectivity index (χ0) is 24.4. The number of aromatic nitrogens is 3.